The van der Waals surface area contributed by atoms with Crippen LogP contribution < -0.4 is 21.8 Å². The van der Waals surface area contributed by atoms with Crippen LogP contribution in [0.3, 0.4) is 0 Å². The van der Waals surface area contributed by atoms with E-state index in [1.807, 2.05) is 55.4 Å². The number of carbonyl (C=O) groups excluding carboxylic acids is 5. The Labute approximate surface area is 231 Å². The van der Waals surface area contributed by atoms with Crippen LogP contribution in [-0.2, 0) is 23.9 Å². The SMILES string of the molecule is C=CC(=O)N(CCC(N)=O)NC(=O)[C@@H]1[C@@H]2[C@H](CN1C(=O)[C@@H](NC(=O)NC(C)(C)C)[C@@H](C)OC(C)(C)C)C2(C)C. The minimum absolute atomic E-state index is 0.0641. The van der Waals surface area contributed by atoms with Crippen LogP contribution in [0.1, 0.15) is 68.7 Å². The van der Waals surface area contributed by atoms with Crippen molar-refractivity contribution >= 4 is 29.7 Å². The molecule has 0 aromatic rings. The van der Waals surface area contributed by atoms with Crippen LogP contribution in [-0.4, -0.2) is 82.0 Å². The van der Waals surface area contributed by atoms with E-state index in [1.165, 1.54) is 4.90 Å². The third-order valence-electron chi connectivity index (χ3n) is 7.08. The maximum absolute atomic E-state index is 14.0. The zero-order valence-electron chi connectivity index (χ0n) is 24.7. The summed E-state index contributed by atoms with van der Waals surface area (Å²) in [5, 5.41) is 6.53. The van der Waals surface area contributed by atoms with Gasteiger partial charge in [0.2, 0.25) is 11.8 Å². The van der Waals surface area contributed by atoms with Crippen LogP contribution in [0.2, 0.25) is 0 Å². The first-order chi connectivity index (χ1) is 17.7. The van der Waals surface area contributed by atoms with Crippen LogP contribution in [0.15, 0.2) is 12.7 Å². The number of fused-ring (bicyclic) bond motifs is 1. The number of rotatable bonds is 9. The minimum atomic E-state index is -1.08. The average Bonchev–Trinajstić information content (AvgIpc) is 3.10. The van der Waals surface area contributed by atoms with Gasteiger partial charge in [-0.05, 0) is 71.8 Å². The van der Waals surface area contributed by atoms with E-state index < -0.39 is 59.0 Å². The Morgan fingerprint density at radius 3 is 2.23 bits per heavy atom. The fourth-order valence-electron chi connectivity index (χ4n) is 5.27. The summed E-state index contributed by atoms with van der Waals surface area (Å²) in [6.07, 6.45) is 0.134. The van der Waals surface area contributed by atoms with E-state index in [0.717, 1.165) is 11.1 Å². The number of likely N-dealkylation sites (tertiary alicyclic amines) is 1. The smallest absolute Gasteiger partial charge is 0.315 e. The van der Waals surface area contributed by atoms with Crippen LogP contribution >= 0.6 is 0 Å². The first kappa shape index (κ1) is 32.1. The summed E-state index contributed by atoms with van der Waals surface area (Å²) in [6, 6.07) is -2.52. The lowest BCUT2D eigenvalue weighted by Crippen LogP contribution is -2.62. The molecule has 1 aliphatic carbocycles. The van der Waals surface area contributed by atoms with Gasteiger partial charge in [-0.2, -0.15) is 0 Å². The molecule has 2 fully saturated rings. The molecule has 5 N–H and O–H groups in total. The zero-order chi connectivity index (χ0) is 30.1. The molecule has 1 heterocycles. The lowest BCUT2D eigenvalue weighted by molar-refractivity contribution is -0.150. The predicted molar refractivity (Wildman–Crippen MR) is 146 cm³/mol. The normalized spacial score (nSPS) is 23.1. The van der Waals surface area contributed by atoms with Crippen LogP contribution in [0.25, 0.3) is 0 Å². The Hall–Kier alpha value is -3.15. The van der Waals surface area contributed by atoms with Gasteiger partial charge >= 0.3 is 6.03 Å². The van der Waals surface area contributed by atoms with E-state index in [-0.39, 0.29) is 30.2 Å². The maximum atomic E-state index is 14.0. The van der Waals surface area contributed by atoms with Gasteiger partial charge in [0.05, 0.1) is 18.2 Å². The Balaban J connectivity index is 2.36. The Morgan fingerprint density at radius 2 is 1.74 bits per heavy atom. The van der Waals surface area contributed by atoms with E-state index in [2.05, 4.69) is 22.6 Å². The highest BCUT2D eigenvalue weighted by atomic mass is 16.5. The molecule has 1 saturated heterocycles. The first-order valence-corrected chi connectivity index (χ1v) is 13.3. The number of hydrazine groups is 1. The summed E-state index contributed by atoms with van der Waals surface area (Å²) in [5.41, 5.74) is 6.45. The molecule has 6 amide bonds. The largest absolute Gasteiger partial charge is 0.370 e. The lowest BCUT2D eigenvalue weighted by Gasteiger charge is -2.37. The van der Waals surface area contributed by atoms with Gasteiger partial charge in [0.15, 0.2) is 0 Å². The summed E-state index contributed by atoms with van der Waals surface area (Å²) in [6.45, 7) is 20.4. The molecule has 0 aromatic carbocycles. The molecule has 1 aliphatic heterocycles. The van der Waals surface area contributed by atoms with E-state index in [4.69, 9.17) is 10.5 Å². The second-order valence-electron chi connectivity index (χ2n) is 13.0. The Bertz CT molecular complexity index is 998. The fourth-order valence-corrected chi connectivity index (χ4v) is 5.27. The summed E-state index contributed by atoms with van der Waals surface area (Å²) >= 11 is 0. The number of nitrogens with zero attached hydrogens (tertiary/aromatic N) is 2. The molecule has 12 nitrogen and oxygen atoms in total. The van der Waals surface area contributed by atoms with Gasteiger partial charge in [0.1, 0.15) is 12.1 Å². The highest BCUT2D eigenvalue weighted by Gasteiger charge is 2.69. The Kier molecular flexibility index (Phi) is 9.48. The average molecular weight is 551 g/mol. The van der Waals surface area contributed by atoms with Crippen molar-refractivity contribution in [3.8, 4) is 0 Å². The van der Waals surface area contributed by atoms with Crippen molar-refractivity contribution in [3.63, 3.8) is 0 Å². The molecule has 2 rings (SSSR count). The third-order valence-corrected chi connectivity index (χ3v) is 7.08. The number of hydrogen-bond donors (Lipinski definition) is 4. The quantitative estimate of drug-likeness (QED) is 0.248. The third kappa shape index (κ3) is 8.17. The zero-order valence-corrected chi connectivity index (χ0v) is 24.7. The van der Waals surface area contributed by atoms with Gasteiger partial charge in [-0.15, -0.1) is 0 Å². The van der Waals surface area contributed by atoms with Crippen molar-refractivity contribution in [3.05, 3.63) is 12.7 Å². The van der Waals surface area contributed by atoms with E-state index in [1.54, 1.807) is 6.92 Å². The van der Waals surface area contributed by atoms with Crippen molar-refractivity contribution < 1.29 is 28.7 Å². The number of carbonyl (C=O) groups is 5. The highest BCUT2D eigenvalue weighted by molar-refractivity contribution is 5.95. The van der Waals surface area contributed by atoms with Crippen LogP contribution in [0, 0.1) is 17.3 Å². The Morgan fingerprint density at radius 1 is 1.15 bits per heavy atom. The lowest BCUT2D eigenvalue weighted by atomic mass is 9.99. The number of nitrogens with two attached hydrogens (primary N) is 1. The van der Waals surface area contributed by atoms with Gasteiger partial charge in [-0.1, -0.05) is 20.4 Å². The molecule has 12 heteroatoms. The minimum Gasteiger partial charge on any atom is -0.370 e. The van der Waals surface area contributed by atoms with Crippen molar-refractivity contribution in [1.29, 1.82) is 0 Å². The second kappa shape index (κ2) is 11.5. The predicted octanol–water partition coefficient (Wildman–Crippen LogP) is 1.06. The van der Waals surface area contributed by atoms with Gasteiger partial charge in [-0.25, -0.2) is 9.80 Å². The van der Waals surface area contributed by atoms with Crippen molar-refractivity contribution in [2.24, 2.45) is 23.0 Å². The fraction of sp³-hybridized carbons (Fsp3) is 0.741. The molecular weight excluding hydrogens is 504 g/mol. The number of ether oxygens (including phenoxy) is 1. The number of piperidine rings is 1. The molecule has 0 unspecified atom stereocenters. The van der Waals surface area contributed by atoms with Gasteiger partial charge in [0.25, 0.3) is 11.8 Å². The topological polar surface area (TPSA) is 163 Å². The number of amides is 6. The van der Waals surface area contributed by atoms with E-state index in [0.29, 0.717) is 6.54 Å². The van der Waals surface area contributed by atoms with Gasteiger partial charge in [0, 0.05) is 18.5 Å². The highest BCUT2D eigenvalue weighted by Crippen LogP contribution is 2.64. The molecule has 1 saturated carbocycles. The van der Waals surface area contributed by atoms with Crippen LogP contribution in [0.4, 0.5) is 4.79 Å². The summed E-state index contributed by atoms with van der Waals surface area (Å²) in [7, 11) is 0. The molecule has 2 aliphatic rings. The molecule has 5 atom stereocenters. The summed E-state index contributed by atoms with van der Waals surface area (Å²) in [5.74, 6) is -2.36. The molecule has 0 radical (unpaired) electrons. The standard InChI is InChI=1S/C27H46N6O6/c1-11-18(35)33(13-12-17(28)34)31-22(36)21-19-16(27(19,9)10)14-32(21)23(37)20(15(2)39-26(6,7)8)29-24(38)30-25(3,4)5/h11,15-16,19-21H,1,12-14H2,2-10H3,(H2,28,34)(H,31,36)(H2,29,30,38)/t15-,16+,19+,20+,21+/m1/s1. The molecule has 0 aromatic heterocycles. The molecule has 39 heavy (non-hydrogen) atoms. The number of primary amides is 1. The first-order valence-electron chi connectivity index (χ1n) is 13.3. The molecule has 0 bridgehead atoms. The van der Waals surface area contributed by atoms with E-state index >= 15 is 0 Å². The van der Waals surface area contributed by atoms with Gasteiger partial charge < -0.3 is 26.0 Å². The number of hydrogen-bond acceptors (Lipinski definition) is 6. The van der Waals surface area contributed by atoms with Crippen molar-refractivity contribution in [1.82, 2.24) is 26.0 Å². The van der Waals surface area contributed by atoms with E-state index in [9.17, 15) is 24.0 Å². The molecular formula is C27H46N6O6. The van der Waals surface area contributed by atoms with Gasteiger partial charge in [-0.3, -0.25) is 24.6 Å². The van der Waals surface area contributed by atoms with Crippen LogP contribution in [0.5, 0.6) is 0 Å². The monoisotopic (exact) mass is 550 g/mol. The number of urea groups is 1. The number of nitrogens with one attached hydrogen (secondary N) is 3. The molecule has 220 valence electrons. The maximum Gasteiger partial charge on any atom is 0.315 e. The summed E-state index contributed by atoms with van der Waals surface area (Å²) in [4.78, 5) is 65.6. The van der Waals surface area contributed by atoms with Crippen molar-refractivity contribution in [2.75, 3.05) is 13.1 Å². The molecule has 0 spiro atoms. The van der Waals surface area contributed by atoms with Crippen molar-refractivity contribution in [2.45, 2.75) is 98.1 Å². The second-order valence-corrected chi connectivity index (χ2v) is 13.0. The summed E-state index contributed by atoms with van der Waals surface area (Å²) < 4.78 is 6.05.